The quantitative estimate of drug-likeness (QED) is 0.0146. The Bertz CT molecular complexity index is 2760. The lowest BCUT2D eigenvalue weighted by Gasteiger charge is -2.21. The number of unbranched alkanes of at least 4 members (excludes halogenated alkanes) is 22. The third kappa shape index (κ3) is 83.2. The van der Waals surface area contributed by atoms with Crippen LogP contribution in [0, 0.1) is 0 Å². The summed E-state index contributed by atoms with van der Waals surface area (Å²) in [6, 6.07) is 0. The molecule has 0 saturated heterocycles. The van der Waals surface area contributed by atoms with Crippen LogP contribution in [0.25, 0.3) is 0 Å². The number of esters is 3. The number of phosphoric ester groups is 2. The highest BCUT2D eigenvalue weighted by Gasteiger charge is 2.29. The second-order valence-electron chi connectivity index (χ2n) is 27.1. The van der Waals surface area contributed by atoms with Crippen LogP contribution in [0.5, 0.6) is 0 Å². The van der Waals surface area contributed by atoms with Crippen molar-refractivity contribution >= 4 is 33.6 Å². The van der Waals surface area contributed by atoms with Crippen LogP contribution in [-0.4, -0.2) is 95.9 Å². The molecular formula is C91H148O16P2. The molecule has 0 aromatic rings. The summed E-state index contributed by atoms with van der Waals surface area (Å²) in [7, 11) is -9.82. The van der Waals surface area contributed by atoms with Gasteiger partial charge in [-0.05, 0) is 161 Å². The second-order valence-corrected chi connectivity index (χ2v) is 30.0. The highest BCUT2D eigenvalue weighted by atomic mass is 31.2. The van der Waals surface area contributed by atoms with Gasteiger partial charge in [-0.25, -0.2) is 9.13 Å². The van der Waals surface area contributed by atoms with Crippen LogP contribution in [0.1, 0.15) is 303 Å². The fourth-order valence-electron chi connectivity index (χ4n) is 10.6. The van der Waals surface area contributed by atoms with Gasteiger partial charge in [0.15, 0.2) is 6.10 Å². The fraction of sp³-hybridized carbons (Fsp3) is 0.615. The third-order valence-electron chi connectivity index (χ3n) is 16.8. The molecule has 0 spiro atoms. The molecule has 0 rings (SSSR count). The molecule has 618 valence electrons. The predicted molar refractivity (Wildman–Crippen MR) is 454 cm³/mol. The molecule has 16 nitrogen and oxygen atoms in total. The molecule has 0 aliphatic carbocycles. The molecular weight excluding hydrogens is 1410 g/mol. The number of carbonyl (C=O) groups is 3. The van der Waals surface area contributed by atoms with Crippen molar-refractivity contribution in [2.24, 2.45) is 0 Å². The Morgan fingerprint density at radius 2 is 0.459 bits per heavy atom. The summed E-state index contributed by atoms with van der Waals surface area (Å²) in [5.74, 6) is -1.62. The van der Waals surface area contributed by atoms with Gasteiger partial charge >= 0.3 is 33.6 Å². The molecule has 0 aliphatic heterocycles. The Morgan fingerprint density at radius 1 is 0.257 bits per heavy atom. The van der Waals surface area contributed by atoms with Gasteiger partial charge in [-0.1, -0.05) is 318 Å². The zero-order chi connectivity index (χ0) is 79.4. The van der Waals surface area contributed by atoms with E-state index in [2.05, 4.69) is 215 Å². The van der Waals surface area contributed by atoms with Gasteiger partial charge in [0.1, 0.15) is 25.4 Å². The molecule has 0 bridgehead atoms. The van der Waals surface area contributed by atoms with Gasteiger partial charge in [0.25, 0.3) is 0 Å². The summed E-state index contributed by atoms with van der Waals surface area (Å²) in [5, 5.41) is 20.7. The molecule has 0 saturated carbocycles. The first-order valence-corrected chi connectivity index (χ1v) is 44.7. The van der Waals surface area contributed by atoms with E-state index in [0.717, 1.165) is 212 Å². The monoisotopic (exact) mass is 1560 g/mol. The summed E-state index contributed by atoms with van der Waals surface area (Å²) in [6.45, 7) is 2.29. The van der Waals surface area contributed by atoms with Crippen molar-refractivity contribution in [1.29, 1.82) is 0 Å². The number of rotatable bonds is 77. The molecule has 0 radical (unpaired) electrons. The third-order valence-corrected chi connectivity index (χ3v) is 18.7. The number of aliphatic hydroxyl groups is 2. The van der Waals surface area contributed by atoms with Gasteiger partial charge in [-0.3, -0.25) is 32.5 Å². The highest BCUT2D eigenvalue weighted by molar-refractivity contribution is 7.47. The van der Waals surface area contributed by atoms with Crippen molar-refractivity contribution in [3.8, 4) is 0 Å². The van der Waals surface area contributed by atoms with Crippen LogP contribution in [0.3, 0.4) is 0 Å². The number of phosphoric acid groups is 2. The smallest absolute Gasteiger partial charge is 0.463 e. The minimum Gasteiger partial charge on any atom is -0.463 e. The van der Waals surface area contributed by atoms with Crippen LogP contribution in [0.2, 0.25) is 0 Å². The summed E-state index contributed by atoms with van der Waals surface area (Å²) in [6.07, 6.45) is 107. The molecule has 0 amide bonds. The van der Waals surface area contributed by atoms with E-state index in [1.807, 2.05) is 0 Å². The van der Waals surface area contributed by atoms with Crippen LogP contribution in [-0.2, 0) is 55.8 Å². The second kappa shape index (κ2) is 81.9. The van der Waals surface area contributed by atoms with Gasteiger partial charge in [0, 0.05) is 19.3 Å². The minimum absolute atomic E-state index is 0.0722. The normalized spacial score (nSPS) is 14.9. The first kappa shape index (κ1) is 103. The summed E-state index contributed by atoms with van der Waals surface area (Å²) < 4.78 is 61.3. The minimum atomic E-state index is -4.95. The number of hydrogen-bond donors (Lipinski definition) is 4. The van der Waals surface area contributed by atoms with E-state index in [1.54, 1.807) is 0 Å². The molecule has 5 atom stereocenters. The average Bonchev–Trinajstić information content (AvgIpc) is 0.905. The van der Waals surface area contributed by atoms with Crippen molar-refractivity contribution in [1.82, 2.24) is 0 Å². The van der Waals surface area contributed by atoms with Gasteiger partial charge in [0.2, 0.25) is 0 Å². The number of aliphatic hydroxyl groups excluding tert-OH is 2. The van der Waals surface area contributed by atoms with Gasteiger partial charge in [-0.2, -0.15) is 0 Å². The first-order valence-electron chi connectivity index (χ1n) is 41.7. The maximum absolute atomic E-state index is 13.0. The van der Waals surface area contributed by atoms with E-state index >= 15 is 0 Å². The molecule has 5 unspecified atom stereocenters. The Hall–Kier alpha value is -5.61. The molecule has 0 aromatic carbocycles. The fourth-order valence-corrected chi connectivity index (χ4v) is 12.2. The van der Waals surface area contributed by atoms with Crippen LogP contribution in [0.4, 0.5) is 0 Å². The van der Waals surface area contributed by atoms with E-state index < -0.39 is 91.5 Å². The molecule has 0 fully saturated rings. The molecule has 0 aromatic heterocycles. The van der Waals surface area contributed by atoms with E-state index in [-0.39, 0.29) is 19.3 Å². The maximum Gasteiger partial charge on any atom is 0.472 e. The number of hydrogen-bond acceptors (Lipinski definition) is 14. The van der Waals surface area contributed by atoms with Crippen molar-refractivity contribution in [2.75, 3.05) is 39.6 Å². The van der Waals surface area contributed by atoms with Crippen molar-refractivity contribution in [2.45, 2.75) is 322 Å². The lowest BCUT2D eigenvalue weighted by atomic mass is 10.1. The van der Waals surface area contributed by atoms with Crippen molar-refractivity contribution in [3.63, 3.8) is 0 Å². The SMILES string of the molecule is CC/C=C\C/C=C\C/C=C\C/C=C\C/C=C\C/C=C\CCCCCCCCCCCCC(=O)OCC(O)COP(=O)(O)OCC(O)COP(=O)(O)OCC(COC(=O)CCCCCCCCC/C=C\C/C=C\C/C=C\C/C=C\C/C=C\CC)OC(=O)CCCCCCC/C=C\C/C=C\C/C=C\C/C=C\C/C=C\CC. The first-order chi connectivity index (χ1) is 53.2. The molecule has 0 heterocycles. The lowest BCUT2D eigenvalue weighted by Crippen LogP contribution is -2.30. The molecule has 109 heavy (non-hydrogen) atoms. The zero-order valence-electron chi connectivity index (χ0n) is 67.6. The van der Waals surface area contributed by atoms with Gasteiger partial charge in [-0.15, -0.1) is 0 Å². The average molecular weight is 1560 g/mol. The van der Waals surface area contributed by atoms with Crippen molar-refractivity contribution in [3.05, 3.63) is 194 Å². The number of allylic oxidation sites excluding steroid dienone is 32. The topological polar surface area (TPSA) is 231 Å². The van der Waals surface area contributed by atoms with E-state index in [1.165, 1.54) is 32.1 Å². The van der Waals surface area contributed by atoms with Crippen LogP contribution in [0.15, 0.2) is 194 Å². The van der Waals surface area contributed by atoms with Crippen LogP contribution < -0.4 is 0 Å². The molecule has 0 aliphatic rings. The largest absolute Gasteiger partial charge is 0.472 e. The Kier molecular flexibility index (Phi) is 77.7. The molecule has 18 heteroatoms. The van der Waals surface area contributed by atoms with E-state index in [9.17, 15) is 43.5 Å². The van der Waals surface area contributed by atoms with E-state index in [4.69, 9.17) is 32.3 Å². The Balaban J connectivity index is 4.68. The Labute approximate surface area is 661 Å². The number of ether oxygens (including phenoxy) is 3. The molecule has 4 N–H and O–H groups in total. The van der Waals surface area contributed by atoms with Crippen molar-refractivity contribution < 1.29 is 75.8 Å². The summed E-state index contributed by atoms with van der Waals surface area (Å²) >= 11 is 0. The van der Waals surface area contributed by atoms with Crippen LogP contribution >= 0.6 is 15.6 Å². The van der Waals surface area contributed by atoms with Gasteiger partial charge < -0.3 is 34.2 Å². The standard InChI is InChI=1S/C91H148O16P2/c1-4-7-10-13-16-19-22-25-28-31-34-37-39-40-41-42-43-44-46-49-50-53-56-59-62-65-68-71-74-77-89(94)101-80-86(92)81-103-108(97,98)104-82-87(93)83-105-109(99,100)106-85-88(107-91(96)79-76-73-70-67-64-61-58-55-52-47-36-33-30-27-24-21-18-15-12-9-6-3)84-102-90(95)78-75-72-69-66-63-60-57-54-51-48-45-38-35-32-29-26-23-20-17-14-11-8-5-2/h7-12,16-21,25-30,34-38,40-41,43-44,47-48,51,55,58,86-88,92-93H,4-6,13-15,22-24,31-33,39,42,45-46,49-50,52-54,56-57,59-85H2,1-3H3,(H,97,98)(H,99,100)/b10-7-,11-8-,12-9-,19-16-,20-17-,21-18-,28-25-,29-26-,30-27-,37-34-,38-35-,41-40-,44-43-,47-36-,51-48-,58-55-. The highest BCUT2D eigenvalue weighted by Crippen LogP contribution is 2.45. The predicted octanol–water partition coefficient (Wildman–Crippen LogP) is 25.1. The maximum atomic E-state index is 13.0. The summed E-state index contributed by atoms with van der Waals surface area (Å²) in [4.78, 5) is 58.8. The number of carbonyl (C=O) groups excluding carboxylic acids is 3. The van der Waals surface area contributed by atoms with Gasteiger partial charge in [0.05, 0.1) is 26.4 Å². The lowest BCUT2D eigenvalue weighted by molar-refractivity contribution is -0.161. The summed E-state index contributed by atoms with van der Waals surface area (Å²) in [5.41, 5.74) is 0. The zero-order valence-corrected chi connectivity index (χ0v) is 69.4. The Morgan fingerprint density at radius 3 is 0.725 bits per heavy atom. The van der Waals surface area contributed by atoms with E-state index in [0.29, 0.717) is 19.3 Å².